The Morgan fingerprint density at radius 3 is 1.71 bits per heavy atom. The summed E-state index contributed by atoms with van der Waals surface area (Å²) in [6.07, 6.45) is 0. The van der Waals surface area contributed by atoms with Crippen LogP contribution in [0, 0.1) is 5.41 Å². The third kappa shape index (κ3) is 4.97. The molecule has 0 aliphatic carbocycles. The molecular formula is C17H25N3O4. The number of amidine groups is 1. The summed E-state index contributed by atoms with van der Waals surface area (Å²) >= 11 is 0. The Bertz CT molecular complexity index is 682. The predicted molar refractivity (Wildman–Crippen MR) is 92.2 cm³/mol. The fourth-order valence-corrected chi connectivity index (χ4v) is 1.93. The molecule has 0 unspecified atom stereocenters. The van der Waals surface area contributed by atoms with Gasteiger partial charge in [-0.05, 0) is 53.7 Å². The number of carbonyl (C=O) groups excluding carboxylic acids is 2. The molecular weight excluding hydrogens is 310 g/mol. The van der Waals surface area contributed by atoms with Crippen molar-refractivity contribution in [3.63, 3.8) is 0 Å². The maximum atomic E-state index is 12.6. The summed E-state index contributed by atoms with van der Waals surface area (Å²) in [7, 11) is 0. The molecule has 0 aliphatic heterocycles. The maximum Gasteiger partial charge on any atom is 0.341 e. The van der Waals surface area contributed by atoms with Crippen molar-refractivity contribution in [1.82, 2.24) is 0 Å². The fourth-order valence-electron chi connectivity index (χ4n) is 1.93. The van der Waals surface area contributed by atoms with E-state index in [0.29, 0.717) is 0 Å². The van der Waals surface area contributed by atoms with E-state index in [1.807, 2.05) is 0 Å². The van der Waals surface area contributed by atoms with Gasteiger partial charge < -0.3 is 20.9 Å². The summed E-state index contributed by atoms with van der Waals surface area (Å²) in [4.78, 5) is 25.1. The summed E-state index contributed by atoms with van der Waals surface area (Å²) in [6.45, 7) is 10.2. The Morgan fingerprint density at radius 1 is 0.917 bits per heavy atom. The van der Waals surface area contributed by atoms with Gasteiger partial charge in [0.05, 0.1) is 11.1 Å². The van der Waals surface area contributed by atoms with Crippen molar-refractivity contribution in [2.24, 2.45) is 5.73 Å². The van der Waals surface area contributed by atoms with Crippen LogP contribution in [0.2, 0.25) is 0 Å². The molecule has 0 saturated heterocycles. The summed E-state index contributed by atoms with van der Waals surface area (Å²) in [5, 5.41) is 7.67. The number of anilines is 1. The topological polar surface area (TPSA) is 128 Å². The van der Waals surface area contributed by atoms with Crippen LogP contribution in [-0.4, -0.2) is 29.0 Å². The molecule has 7 nitrogen and oxygen atoms in total. The molecule has 0 saturated carbocycles. The highest BCUT2D eigenvalue weighted by molar-refractivity contribution is 6.14. The first kappa shape index (κ1) is 19.5. The number of nitrogens with one attached hydrogen (secondary N) is 1. The van der Waals surface area contributed by atoms with Gasteiger partial charge in [0.15, 0.2) is 0 Å². The van der Waals surface area contributed by atoms with Crippen molar-refractivity contribution >= 4 is 23.5 Å². The highest BCUT2D eigenvalue weighted by atomic mass is 16.6. The molecule has 0 amide bonds. The average molecular weight is 335 g/mol. The van der Waals surface area contributed by atoms with E-state index in [-0.39, 0.29) is 28.2 Å². The molecule has 7 heteroatoms. The number of carbonyl (C=O) groups is 2. The maximum absolute atomic E-state index is 12.6. The number of nitrogens with two attached hydrogens (primary N) is 2. The minimum absolute atomic E-state index is 0.0510. The molecule has 1 aromatic carbocycles. The molecule has 0 atom stereocenters. The van der Waals surface area contributed by atoms with Gasteiger partial charge in [0.1, 0.15) is 17.0 Å². The van der Waals surface area contributed by atoms with Crippen LogP contribution in [0.15, 0.2) is 12.1 Å². The number of ether oxygens (including phenoxy) is 2. The molecule has 132 valence electrons. The van der Waals surface area contributed by atoms with Gasteiger partial charge in [0.2, 0.25) is 0 Å². The highest BCUT2D eigenvalue weighted by Crippen LogP contribution is 2.26. The second-order valence-corrected chi connectivity index (χ2v) is 7.37. The average Bonchev–Trinajstić information content (AvgIpc) is 2.33. The normalized spacial score (nSPS) is 11.8. The molecule has 0 heterocycles. The molecule has 0 aliphatic rings. The minimum Gasteiger partial charge on any atom is -0.456 e. The molecule has 1 aromatic rings. The van der Waals surface area contributed by atoms with E-state index in [1.165, 1.54) is 12.1 Å². The van der Waals surface area contributed by atoms with E-state index < -0.39 is 23.1 Å². The van der Waals surface area contributed by atoms with Gasteiger partial charge in [-0.15, -0.1) is 0 Å². The molecule has 0 fully saturated rings. The first-order valence-electron chi connectivity index (χ1n) is 7.46. The first-order valence-corrected chi connectivity index (χ1v) is 7.46. The van der Waals surface area contributed by atoms with Crippen molar-refractivity contribution in [3.05, 3.63) is 28.8 Å². The lowest BCUT2D eigenvalue weighted by Crippen LogP contribution is -2.30. The molecule has 1 rings (SSSR count). The standard InChI is InChI=1S/C17H25N3O4/c1-16(2,3)23-14(21)11-9(13(19)20)7-8-10(18)12(11)15(22)24-17(4,5)6/h7-8H,18H2,1-6H3,(H3,19,20). The third-order valence-electron chi connectivity index (χ3n) is 2.73. The van der Waals surface area contributed by atoms with E-state index >= 15 is 0 Å². The molecule has 0 bridgehead atoms. The number of nitrogen functional groups attached to an aromatic ring is 2. The molecule has 0 aromatic heterocycles. The molecule has 0 radical (unpaired) electrons. The van der Waals surface area contributed by atoms with E-state index in [1.54, 1.807) is 41.5 Å². The van der Waals surface area contributed by atoms with Crippen LogP contribution in [0.3, 0.4) is 0 Å². The van der Waals surface area contributed by atoms with Crippen LogP contribution in [-0.2, 0) is 9.47 Å². The van der Waals surface area contributed by atoms with Crippen molar-refractivity contribution < 1.29 is 19.1 Å². The lowest BCUT2D eigenvalue weighted by atomic mass is 9.97. The van der Waals surface area contributed by atoms with Gasteiger partial charge in [-0.1, -0.05) is 0 Å². The minimum atomic E-state index is -0.791. The van der Waals surface area contributed by atoms with Gasteiger partial charge in [-0.2, -0.15) is 0 Å². The number of hydrogen-bond donors (Lipinski definition) is 3. The largest absolute Gasteiger partial charge is 0.456 e. The Hall–Kier alpha value is -2.57. The number of esters is 2. The summed E-state index contributed by atoms with van der Waals surface area (Å²) in [5.74, 6) is -1.94. The second kappa shape index (κ2) is 6.51. The van der Waals surface area contributed by atoms with Crippen molar-refractivity contribution in [3.8, 4) is 0 Å². The lowest BCUT2D eigenvalue weighted by Gasteiger charge is -2.24. The number of hydrogen-bond acceptors (Lipinski definition) is 6. The van der Waals surface area contributed by atoms with Gasteiger partial charge in [-0.25, -0.2) is 9.59 Å². The van der Waals surface area contributed by atoms with Crippen molar-refractivity contribution in [2.75, 3.05) is 5.73 Å². The highest BCUT2D eigenvalue weighted by Gasteiger charge is 2.31. The Morgan fingerprint density at radius 2 is 1.33 bits per heavy atom. The first-order chi connectivity index (χ1) is 10.7. The molecule has 5 N–H and O–H groups in total. The Kier molecular flexibility index (Phi) is 5.28. The zero-order valence-corrected chi connectivity index (χ0v) is 14.9. The second-order valence-electron chi connectivity index (χ2n) is 7.37. The van der Waals surface area contributed by atoms with E-state index in [2.05, 4.69) is 0 Å². The SMILES string of the molecule is CC(C)(C)OC(=O)c1c(N)ccc(C(=N)N)c1C(=O)OC(C)(C)C. The molecule has 24 heavy (non-hydrogen) atoms. The van der Waals surface area contributed by atoms with E-state index in [9.17, 15) is 9.59 Å². The van der Waals surface area contributed by atoms with E-state index in [0.717, 1.165) is 0 Å². The van der Waals surface area contributed by atoms with Crippen LogP contribution in [0.25, 0.3) is 0 Å². The summed E-state index contributed by atoms with van der Waals surface area (Å²) in [5.41, 5.74) is 9.68. The van der Waals surface area contributed by atoms with Gasteiger partial charge in [-0.3, -0.25) is 5.41 Å². The number of benzene rings is 1. The number of rotatable bonds is 3. The van der Waals surface area contributed by atoms with Crippen molar-refractivity contribution in [1.29, 1.82) is 5.41 Å². The van der Waals surface area contributed by atoms with Gasteiger partial charge in [0.25, 0.3) is 0 Å². The van der Waals surface area contributed by atoms with Gasteiger partial charge in [0, 0.05) is 11.3 Å². The van der Waals surface area contributed by atoms with Crippen LogP contribution < -0.4 is 11.5 Å². The summed E-state index contributed by atoms with van der Waals surface area (Å²) in [6, 6.07) is 2.81. The fraction of sp³-hybridized carbons (Fsp3) is 0.471. The Balaban J connectivity index is 3.57. The lowest BCUT2D eigenvalue weighted by molar-refractivity contribution is 0.00194. The zero-order chi connectivity index (χ0) is 18.9. The summed E-state index contributed by atoms with van der Waals surface area (Å²) < 4.78 is 10.7. The van der Waals surface area contributed by atoms with Crippen LogP contribution in [0.1, 0.15) is 67.8 Å². The predicted octanol–water partition coefficient (Wildman–Crippen LogP) is 2.46. The molecule has 0 spiro atoms. The van der Waals surface area contributed by atoms with E-state index in [4.69, 9.17) is 26.4 Å². The van der Waals surface area contributed by atoms with Crippen LogP contribution in [0.4, 0.5) is 5.69 Å². The monoisotopic (exact) mass is 335 g/mol. The van der Waals surface area contributed by atoms with Crippen LogP contribution in [0.5, 0.6) is 0 Å². The third-order valence-corrected chi connectivity index (χ3v) is 2.73. The van der Waals surface area contributed by atoms with Gasteiger partial charge >= 0.3 is 11.9 Å². The Labute approximate surface area is 141 Å². The van der Waals surface area contributed by atoms with Crippen LogP contribution >= 0.6 is 0 Å². The smallest absolute Gasteiger partial charge is 0.341 e. The zero-order valence-electron chi connectivity index (χ0n) is 14.9. The quantitative estimate of drug-likeness (QED) is 0.337. The van der Waals surface area contributed by atoms with Crippen molar-refractivity contribution in [2.45, 2.75) is 52.7 Å².